The van der Waals surface area contributed by atoms with E-state index in [1.165, 1.54) is 17.4 Å². The molecule has 2 aromatic carbocycles. The lowest BCUT2D eigenvalue weighted by Crippen LogP contribution is -1.87. The van der Waals surface area contributed by atoms with Crippen LogP contribution in [0.15, 0.2) is 53.0 Å². The molecule has 0 saturated carbocycles. The van der Waals surface area contributed by atoms with E-state index in [2.05, 4.69) is 20.9 Å². The van der Waals surface area contributed by atoms with Gasteiger partial charge < -0.3 is 5.73 Å². The summed E-state index contributed by atoms with van der Waals surface area (Å²) in [7, 11) is 0. The molecular formula is C15H10BrFN2S. The van der Waals surface area contributed by atoms with Gasteiger partial charge in [0, 0.05) is 11.1 Å². The summed E-state index contributed by atoms with van der Waals surface area (Å²) in [5.41, 5.74) is 8.34. The van der Waals surface area contributed by atoms with Crippen molar-refractivity contribution >= 4 is 32.3 Å². The highest BCUT2D eigenvalue weighted by Crippen LogP contribution is 2.36. The number of nitrogens with zero attached hydrogens (tertiary/aromatic N) is 1. The van der Waals surface area contributed by atoms with Gasteiger partial charge in [-0.05, 0) is 28.1 Å². The molecule has 0 atom stereocenters. The molecule has 0 unspecified atom stereocenters. The Morgan fingerprint density at radius 2 is 1.80 bits per heavy atom. The number of halogens is 2. The van der Waals surface area contributed by atoms with Gasteiger partial charge >= 0.3 is 0 Å². The fourth-order valence-electron chi connectivity index (χ4n) is 1.89. The van der Waals surface area contributed by atoms with Crippen LogP contribution in [0.4, 0.5) is 9.39 Å². The molecule has 0 aliphatic carbocycles. The zero-order valence-electron chi connectivity index (χ0n) is 10.3. The van der Waals surface area contributed by atoms with Crippen LogP contribution >= 0.6 is 27.3 Å². The normalized spacial score (nSPS) is 10.7. The molecule has 1 aromatic heterocycles. The second-order valence-corrected chi connectivity index (χ2v) is 6.11. The molecule has 3 aromatic rings. The zero-order valence-corrected chi connectivity index (χ0v) is 12.7. The van der Waals surface area contributed by atoms with Crippen molar-refractivity contribution in [3.8, 4) is 21.8 Å². The number of anilines is 1. The summed E-state index contributed by atoms with van der Waals surface area (Å²) in [6, 6.07) is 14.7. The number of thiazole rings is 1. The molecule has 3 rings (SSSR count). The van der Waals surface area contributed by atoms with E-state index in [0.717, 1.165) is 10.6 Å². The number of hydrogen-bond acceptors (Lipinski definition) is 3. The Labute approximate surface area is 128 Å². The summed E-state index contributed by atoms with van der Waals surface area (Å²) >= 11 is 4.54. The predicted octanol–water partition coefficient (Wildman–Crippen LogP) is 4.96. The molecule has 0 saturated heterocycles. The van der Waals surface area contributed by atoms with Crippen molar-refractivity contribution < 1.29 is 4.39 Å². The summed E-state index contributed by atoms with van der Waals surface area (Å²) in [6.07, 6.45) is 0. The van der Waals surface area contributed by atoms with Crippen molar-refractivity contribution in [2.75, 3.05) is 5.73 Å². The van der Waals surface area contributed by atoms with Crippen molar-refractivity contribution in [3.63, 3.8) is 0 Å². The first-order valence-electron chi connectivity index (χ1n) is 5.92. The summed E-state index contributed by atoms with van der Waals surface area (Å²) in [6.45, 7) is 0. The Morgan fingerprint density at radius 3 is 2.50 bits per heavy atom. The number of benzene rings is 2. The van der Waals surface area contributed by atoms with E-state index in [0.29, 0.717) is 20.7 Å². The van der Waals surface area contributed by atoms with Crippen molar-refractivity contribution in [1.29, 1.82) is 0 Å². The van der Waals surface area contributed by atoms with Gasteiger partial charge in [0.15, 0.2) is 0 Å². The predicted molar refractivity (Wildman–Crippen MR) is 85.1 cm³/mol. The third-order valence-electron chi connectivity index (χ3n) is 2.87. The maximum Gasteiger partial charge on any atom is 0.138 e. The molecule has 0 radical (unpaired) electrons. The summed E-state index contributed by atoms with van der Waals surface area (Å²) in [4.78, 5) is 4.53. The highest BCUT2D eigenvalue weighted by Gasteiger charge is 2.13. The first kappa shape index (κ1) is 13.3. The minimum atomic E-state index is -0.323. The standard InChI is InChI=1S/C15H10BrFN2S/c16-11-7-6-10(8-12(11)17)13-14(18)20-15(19-13)9-4-2-1-3-5-9/h1-8H,18H2. The Morgan fingerprint density at radius 1 is 1.05 bits per heavy atom. The van der Waals surface area contributed by atoms with Crippen molar-refractivity contribution in [1.82, 2.24) is 4.98 Å². The molecule has 2 nitrogen and oxygen atoms in total. The lowest BCUT2D eigenvalue weighted by molar-refractivity contribution is 0.621. The molecule has 0 spiro atoms. The number of rotatable bonds is 2. The monoisotopic (exact) mass is 348 g/mol. The molecule has 0 aliphatic rings. The molecule has 0 fully saturated rings. The van der Waals surface area contributed by atoms with Crippen molar-refractivity contribution in [3.05, 3.63) is 58.8 Å². The molecule has 2 N–H and O–H groups in total. The van der Waals surface area contributed by atoms with Crippen molar-refractivity contribution in [2.24, 2.45) is 0 Å². The van der Waals surface area contributed by atoms with Crippen LogP contribution in [0.1, 0.15) is 0 Å². The SMILES string of the molecule is Nc1sc(-c2ccccc2)nc1-c1ccc(Br)c(F)c1. The Kier molecular flexibility index (Phi) is 3.54. The molecule has 5 heteroatoms. The maximum absolute atomic E-state index is 13.6. The number of nitrogen functional groups attached to an aromatic ring is 1. The van der Waals surface area contributed by atoms with Gasteiger partial charge in [0.1, 0.15) is 21.5 Å². The van der Waals surface area contributed by atoms with Gasteiger partial charge in [-0.1, -0.05) is 47.7 Å². The molecule has 0 bridgehead atoms. The first-order chi connectivity index (χ1) is 9.65. The van der Waals surface area contributed by atoms with E-state index < -0.39 is 0 Å². The van der Waals surface area contributed by atoms with Crippen LogP contribution in [-0.2, 0) is 0 Å². The van der Waals surface area contributed by atoms with Crippen molar-refractivity contribution in [2.45, 2.75) is 0 Å². The summed E-state index contributed by atoms with van der Waals surface area (Å²) < 4.78 is 14.0. The highest BCUT2D eigenvalue weighted by atomic mass is 79.9. The van der Waals surface area contributed by atoms with Crippen LogP contribution in [0, 0.1) is 5.82 Å². The minimum Gasteiger partial charge on any atom is -0.389 e. The van der Waals surface area contributed by atoms with E-state index in [4.69, 9.17) is 5.73 Å². The zero-order chi connectivity index (χ0) is 14.1. The third-order valence-corrected chi connectivity index (χ3v) is 4.44. The molecule has 20 heavy (non-hydrogen) atoms. The number of hydrogen-bond donors (Lipinski definition) is 1. The lowest BCUT2D eigenvalue weighted by Gasteiger charge is -2.00. The summed E-state index contributed by atoms with van der Waals surface area (Å²) in [5, 5.41) is 1.42. The second kappa shape index (κ2) is 5.34. The van der Waals surface area contributed by atoms with Gasteiger partial charge in [-0.2, -0.15) is 0 Å². The molecule has 1 heterocycles. The van der Waals surface area contributed by atoms with Gasteiger partial charge in [0.05, 0.1) is 4.47 Å². The Balaban J connectivity index is 2.07. The molecular weight excluding hydrogens is 339 g/mol. The average molecular weight is 349 g/mol. The van der Waals surface area contributed by atoms with Gasteiger partial charge in [0.2, 0.25) is 0 Å². The molecule has 0 aliphatic heterocycles. The third kappa shape index (κ3) is 2.46. The minimum absolute atomic E-state index is 0.323. The van der Waals surface area contributed by atoms with E-state index in [1.807, 2.05) is 30.3 Å². The smallest absolute Gasteiger partial charge is 0.138 e. The van der Waals surface area contributed by atoms with Crippen LogP contribution in [0.2, 0.25) is 0 Å². The maximum atomic E-state index is 13.6. The van der Waals surface area contributed by atoms with Crippen LogP contribution in [0.5, 0.6) is 0 Å². The number of aromatic nitrogens is 1. The average Bonchev–Trinajstić information content (AvgIpc) is 2.85. The van der Waals surface area contributed by atoms with Crippen LogP contribution < -0.4 is 5.73 Å². The lowest BCUT2D eigenvalue weighted by atomic mass is 10.1. The molecule has 0 amide bonds. The fraction of sp³-hybridized carbons (Fsp3) is 0. The topological polar surface area (TPSA) is 38.9 Å². The largest absolute Gasteiger partial charge is 0.389 e. The van der Waals surface area contributed by atoms with Crippen LogP contribution in [-0.4, -0.2) is 4.98 Å². The quantitative estimate of drug-likeness (QED) is 0.710. The van der Waals surface area contributed by atoms with Gasteiger partial charge in [-0.3, -0.25) is 0 Å². The summed E-state index contributed by atoms with van der Waals surface area (Å²) in [5.74, 6) is -0.323. The second-order valence-electron chi connectivity index (χ2n) is 4.23. The van der Waals surface area contributed by atoms with E-state index in [1.54, 1.807) is 12.1 Å². The fourth-order valence-corrected chi connectivity index (χ4v) is 2.99. The van der Waals surface area contributed by atoms with Crippen LogP contribution in [0.25, 0.3) is 21.8 Å². The highest BCUT2D eigenvalue weighted by molar-refractivity contribution is 9.10. The Bertz CT molecular complexity index is 756. The van der Waals surface area contributed by atoms with E-state index in [-0.39, 0.29) is 5.82 Å². The Hall–Kier alpha value is -1.72. The van der Waals surface area contributed by atoms with E-state index in [9.17, 15) is 4.39 Å². The first-order valence-corrected chi connectivity index (χ1v) is 7.53. The van der Waals surface area contributed by atoms with Crippen LogP contribution in [0.3, 0.4) is 0 Å². The van der Waals surface area contributed by atoms with E-state index >= 15 is 0 Å². The number of nitrogens with two attached hydrogens (primary N) is 1. The van der Waals surface area contributed by atoms with Gasteiger partial charge in [0.25, 0.3) is 0 Å². The van der Waals surface area contributed by atoms with Gasteiger partial charge in [-0.25, -0.2) is 9.37 Å². The molecule has 100 valence electrons. The van der Waals surface area contributed by atoms with Gasteiger partial charge in [-0.15, -0.1) is 0 Å².